The zero-order valence-electron chi connectivity index (χ0n) is 10.4. The summed E-state index contributed by atoms with van der Waals surface area (Å²) in [7, 11) is 0. The van der Waals surface area contributed by atoms with Crippen molar-refractivity contribution in [1.82, 2.24) is 0 Å². The Morgan fingerprint density at radius 1 is 1.24 bits per heavy atom. The van der Waals surface area contributed by atoms with Crippen LogP contribution in [0.2, 0.25) is 4.34 Å². The molecular formula is C14H8ClF2NO2S. The normalized spacial score (nSPS) is 12.0. The number of carbonyl (C=O) groups is 1. The molecule has 0 spiro atoms. The number of rotatable bonds is 5. The minimum atomic E-state index is -2.92. The fourth-order valence-electron chi connectivity index (χ4n) is 1.72. The van der Waals surface area contributed by atoms with Crippen LogP contribution in [0.3, 0.4) is 0 Å². The summed E-state index contributed by atoms with van der Waals surface area (Å²) in [6.45, 7) is -2.92. The van der Waals surface area contributed by atoms with Crippen LogP contribution < -0.4 is 4.74 Å². The van der Waals surface area contributed by atoms with Crippen molar-refractivity contribution >= 4 is 28.7 Å². The van der Waals surface area contributed by atoms with Gasteiger partial charge in [0.25, 0.3) is 0 Å². The van der Waals surface area contributed by atoms with E-state index in [-0.39, 0.29) is 11.5 Å². The van der Waals surface area contributed by atoms with E-state index in [2.05, 4.69) is 4.74 Å². The van der Waals surface area contributed by atoms with Crippen molar-refractivity contribution in [3.63, 3.8) is 0 Å². The highest BCUT2D eigenvalue weighted by atomic mass is 35.5. The van der Waals surface area contributed by atoms with Crippen LogP contribution in [-0.4, -0.2) is 12.4 Å². The fraction of sp³-hybridized carbons (Fsp3) is 0.143. The molecule has 0 aliphatic rings. The summed E-state index contributed by atoms with van der Waals surface area (Å²) < 4.78 is 28.8. The molecule has 1 unspecified atom stereocenters. The Morgan fingerprint density at radius 3 is 2.38 bits per heavy atom. The van der Waals surface area contributed by atoms with Crippen molar-refractivity contribution in [3.8, 4) is 11.8 Å². The Labute approximate surface area is 128 Å². The number of hydrogen-bond acceptors (Lipinski definition) is 4. The predicted octanol–water partition coefficient (Wildman–Crippen LogP) is 4.49. The molecule has 3 nitrogen and oxygen atoms in total. The predicted molar refractivity (Wildman–Crippen MR) is 75.1 cm³/mol. The van der Waals surface area contributed by atoms with Crippen molar-refractivity contribution < 1.29 is 18.3 Å². The number of thiophene rings is 1. The molecule has 1 heterocycles. The lowest BCUT2D eigenvalue weighted by Gasteiger charge is -2.09. The molecule has 0 saturated heterocycles. The van der Waals surface area contributed by atoms with Gasteiger partial charge in [0.2, 0.25) is 0 Å². The van der Waals surface area contributed by atoms with E-state index in [9.17, 15) is 18.8 Å². The number of halogens is 3. The molecule has 0 amide bonds. The number of ketones is 1. The Hall–Kier alpha value is -1.97. The molecule has 1 atom stereocenters. The van der Waals surface area contributed by atoms with Crippen molar-refractivity contribution in [3.05, 3.63) is 51.2 Å². The number of benzene rings is 1. The van der Waals surface area contributed by atoms with Crippen LogP contribution >= 0.6 is 22.9 Å². The first-order valence-electron chi connectivity index (χ1n) is 5.75. The van der Waals surface area contributed by atoms with Crippen LogP contribution in [0, 0.1) is 11.3 Å². The molecule has 1 aromatic carbocycles. The van der Waals surface area contributed by atoms with E-state index in [4.69, 9.17) is 11.6 Å². The van der Waals surface area contributed by atoms with Gasteiger partial charge in [0.1, 0.15) is 11.7 Å². The van der Waals surface area contributed by atoms with Gasteiger partial charge >= 0.3 is 6.61 Å². The summed E-state index contributed by atoms with van der Waals surface area (Å²) in [5.41, 5.74) is 0.411. The van der Waals surface area contributed by atoms with Gasteiger partial charge in [-0.3, -0.25) is 4.79 Å². The summed E-state index contributed by atoms with van der Waals surface area (Å²) in [6, 6.07) is 10.5. The van der Waals surface area contributed by atoms with Crippen molar-refractivity contribution in [2.45, 2.75) is 12.5 Å². The van der Waals surface area contributed by atoms with Crippen molar-refractivity contribution in [1.29, 1.82) is 5.26 Å². The lowest BCUT2D eigenvalue weighted by molar-refractivity contribution is -0.0498. The molecule has 7 heteroatoms. The number of nitrogens with zero attached hydrogens (tertiary/aromatic N) is 1. The van der Waals surface area contributed by atoms with Crippen LogP contribution in [0.25, 0.3) is 0 Å². The van der Waals surface area contributed by atoms with Gasteiger partial charge in [-0.05, 0) is 29.8 Å². The van der Waals surface area contributed by atoms with E-state index in [0.29, 0.717) is 14.8 Å². The van der Waals surface area contributed by atoms with Gasteiger partial charge < -0.3 is 4.74 Å². The highest BCUT2D eigenvalue weighted by Crippen LogP contribution is 2.28. The van der Waals surface area contributed by atoms with E-state index in [1.54, 1.807) is 12.1 Å². The molecule has 0 N–H and O–H groups in total. The first-order chi connectivity index (χ1) is 10.0. The van der Waals surface area contributed by atoms with Gasteiger partial charge in [-0.25, -0.2) is 0 Å². The largest absolute Gasteiger partial charge is 0.435 e. The third-order valence-electron chi connectivity index (χ3n) is 2.65. The SMILES string of the molecule is N#CC(C(=O)c1ccc(Cl)s1)c1ccc(OC(F)F)cc1. The van der Waals surface area contributed by atoms with Gasteiger partial charge in [-0.1, -0.05) is 23.7 Å². The Balaban J connectivity index is 2.21. The maximum absolute atomic E-state index is 12.2. The van der Waals surface area contributed by atoms with Gasteiger partial charge in [0.15, 0.2) is 5.78 Å². The van der Waals surface area contributed by atoms with Crippen LogP contribution in [0.4, 0.5) is 8.78 Å². The van der Waals surface area contributed by atoms with Gasteiger partial charge in [-0.2, -0.15) is 14.0 Å². The van der Waals surface area contributed by atoms with Gasteiger partial charge in [-0.15, -0.1) is 11.3 Å². The fourth-order valence-corrected chi connectivity index (χ4v) is 2.73. The maximum Gasteiger partial charge on any atom is 0.387 e. The highest BCUT2D eigenvalue weighted by molar-refractivity contribution is 7.18. The number of ether oxygens (including phenoxy) is 1. The van der Waals surface area contributed by atoms with Crippen LogP contribution in [0.1, 0.15) is 21.2 Å². The average Bonchev–Trinajstić information content (AvgIpc) is 2.87. The van der Waals surface area contributed by atoms with E-state index in [0.717, 1.165) is 11.3 Å². The molecule has 2 rings (SSSR count). The molecule has 2 aromatic rings. The maximum atomic E-state index is 12.2. The first kappa shape index (κ1) is 15.4. The van der Waals surface area contributed by atoms with Crippen molar-refractivity contribution in [2.75, 3.05) is 0 Å². The van der Waals surface area contributed by atoms with Gasteiger partial charge in [0.05, 0.1) is 15.3 Å². The minimum absolute atomic E-state index is 0.0305. The van der Waals surface area contributed by atoms with Crippen LogP contribution in [0.5, 0.6) is 5.75 Å². The number of carbonyl (C=O) groups excluding carboxylic acids is 1. The van der Waals surface area contributed by atoms with E-state index >= 15 is 0 Å². The lowest BCUT2D eigenvalue weighted by atomic mass is 9.95. The van der Waals surface area contributed by atoms with Crippen molar-refractivity contribution in [2.24, 2.45) is 0 Å². The first-order valence-corrected chi connectivity index (χ1v) is 6.94. The summed E-state index contributed by atoms with van der Waals surface area (Å²) in [4.78, 5) is 12.6. The van der Waals surface area contributed by atoms with Crippen LogP contribution in [-0.2, 0) is 0 Å². The second kappa shape index (κ2) is 6.66. The molecule has 0 radical (unpaired) electrons. The zero-order chi connectivity index (χ0) is 15.4. The number of alkyl halides is 2. The molecule has 108 valence electrons. The average molecular weight is 328 g/mol. The van der Waals surface area contributed by atoms with E-state index < -0.39 is 12.5 Å². The summed E-state index contributed by atoms with van der Waals surface area (Å²) >= 11 is 6.85. The third-order valence-corrected chi connectivity index (χ3v) is 3.89. The lowest BCUT2D eigenvalue weighted by Crippen LogP contribution is -2.10. The second-order valence-electron chi connectivity index (χ2n) is 3.98. The monoisotopic (exact) mass is 327 g/mol. The number of Topliss-reactive ketones (excluding diaryl/α,β-unsaturated/α-hetero) is 1. The molecule has 0 bridgehead atoms. The van der Waals surface area contributed by atoms with Gasteiger partial charge in [0, 0.05) is 0 Å². The summed E-state index contributed by atoms with van der Waals surface area (Å²) in [6.07, 6.45) is 0. The molecule has 0 fully saturated rings. The smallest absolute Gasteiger partial charge is 0.387 e. The molecule has 1 aromatic heterocycles. The highest BCUT2D eigenvalue weighted by Gasteiger charge is 2.23. The molecule has 0 saturated carbocycles. The standard InChI is InChI=1S/C14H8ClF2NO2S/c15-12-6-5-11(21-12)13(19)10(7-18)8-1-3-9(4-2-8)20-14(16)17/h1-6,10,14H. The Morgan fingerprint density at radius 2 is 1.90 bits per heavy atom. The Kier molecular flexibility index (Phi) is 4.89. The topological polar surface area (TPSA) is 50.1 Å². The van der Waals surface area contributed by atoms with Crippen LogP contribution in [0.15, 0.2) is 36.4 Å². The third kappa shape index (κ3) is 3.78. The number of nitriles is 1. The molecule has 0 aliphatic heterocycles. The molecule has 0 aliphatic carbocycles. The summed E-state index contributed by atoms with van der Waals surface area (Å²) in [5.74, 6) is -1.42. The molecular weight excluding hydrogens is 320 g/mol. The van der Waals surface area contributed by atoms with E-state index in [1.807, 2.05) is 6.07 Å². The second-order valence-corrected chi connectivity index (χ2v) is 5.69. The number of hydrogen-bond donors (Lipinski definition) is 0. The summed E-state index contributed by atoms with van der Waals surface area (Å²) in [5, 5.41) is 9.18. The van der Waals surface area contributed by atoms with E-state index in [1.165, 1.54) is 24.3 Å². The minimum Gasteiger partial charge on any atom is -0.435 e. The Bertz CT molecular complexity index is 679. The molecule has 21 heavy (non-hydrogen) atoms. The quantitative estimate of drug-likeness (QED) is 0.760. The zero-order valence-corrected chi connectivity index (χ0v) is 12.0.